The molecule has 0 spiro atoms. The Bertz CT molecular complexity index is 689. The summed E-state index contributed by atoms with van der Waals surface area (Å²) in [6, 6.07) is 10.4. The SMILES string of the molecule is COC(=O)c1ccc(/C=C/C(=O)Nc2ccc(C)cn2)cc1. The lowest BCUT2D eigenvalue weighted by Crippen LogP contribution is -2.08. The van der Waals surface area contributed by atoms with Crippen molar-refractivity contribution in [3.05, 3.63) is 65.4 Å². The number of benzene rings is 1. The third-order valence-corrected chi connectivity index (χ3v) is 2.92. The summed E-state index contributed by atoms with van der Waals surface area (Å²) in [5, 5.41) is 2.67. The standard InChI is InChI=1S/C17H16N2O3/c1-12-3-9-15(18-11-12)19-16(20)10-6-13-4-7-14(8-5-13)17(21)22-2/h3-11H,1-2H3,(H,18,19,20)/b10-6+. The Labute approximate surface area is 128 Å². The molecule has 1 amide bonds. The predicted octanol–water partition coefficient (Wildman–Crippen LogP) is 2.83. The molecule has 0 atom stereocenters. The highest BCUT2D eigenvalue weighted by Crippen LogP contribution is 2.08. The summed E-state index contributed by atoms with van der Waals surface area (Å²) in [7, 11) is 1.33. The fourth-order valence-electron chi connectivity index (χ4n) is 1.73. The van der Waals surface area contributed by atoms with Crippen molar-refractivity contribution in [3.63, 3.8) is 0 Å². The fourth-order valence-corrected chi connectivity index (χ4v) is 1.73. The molecule has 0 aliphatic rings. The normalized spacial score (nSPS) is 10.5. The van der Waals surface area contributed by atoms with E-state index in [0.29, 0.717) is 11.4 Å². The third kappa shape index (κ3) is 4.28. The van der Waals surface area contributed by atoms with E-state index in [1.54, 1.807) is 42.6 Å². The van der Waals surface area contributed by atoms with E-state index in [4.69, 9.17) is 0 Å². The molecule has 0 fully saturated rings. The van der Waals surface area contributed by atoms with Crippen LogP contribution >= 0.6 is 0 Å². The molecule has 5 nitrogen and oxygen atoms in total. The molecule has 0 unspecified atom stereocenters. The van der Waals surface area contributed by atoms with Crippen molar-refractivity contribution in [2.75, 3.05) is 12.4 Å². The van der Waals surface area contributed by atoms with Gasteiger partial charge in [0, 0.05) is 12.3 Å². The van der Waals surface area contributed by atoms with Gasteiger partial charge in [0.05, 0.1) is 12.7 Å². The summed E-state index contributed by atoms with van der Waals surface area (Å²) in [6.07, 6.45) is 4.75. The zero-order valence-electron chi connectivity index (χ0n) is 12.4. The van der Waals surface area contributed by atoms with E-state index in [2.05, 4.69) is 15.0 Å². The van der Waals surface area contributed by atoms with Gasteiger partial charge in [-0.1, -0.05) is 18.2 Å². The molecule has 0 bridgehead atoms. The third-order valence-electron chi connectivity index (χ3n) is 2.92. The first-order chi connectivity index (χ1) is 10.6. The molecule has 2 aromatic rings. The van der Waals surface area contributed by atoms with Gasteiger partial charge in [0.1, 0.15) is 5.82 Å². The zero-order chi connectivity index (χ0) is 15.9. The smallest absolute Gasteiger partial charge is 0.337 e. The quantitative estimate of drug-likeness (QED) is 0.696. The van der Waals surface area contributed by atoms with Crippen molar-refractivity contribution in [3.8, 4) is 0 Å². The van der Waals surface area contributed by atoms with Crippen LogP contribution in [0.15, 0.2) is 48.7 Å². The average molecular weight is 296 g/mol. The molecule has 2 rings (SSSR count). The molecule has 1 aromatic heterocycles. The molecule has 5 heteroatoms. The lowest BCUT2D eigenvalue weighted by atomic mass is 10.1. The molecule has 1 heterocycles. The van der Waals surface area contributed by atoms with Crippen LogP contribution in [0.25, 0.3) is 6.08 Å². The maximum Gasteiger partial charge on any atom is 0.337 e. The van der Waals surface area contributed by atoms with Gasteiger partial charge in [-0.2, -0.15) is 0 Å². The molecule has 1 aromatic carbocycles. The molecule has 0 saturated carbocycles. The Morgan fingerprint density at radius 3 is 2.45 bits per heavy atom. The molecular formula is C17H16N2O3. The molecule has 1 N–H and O–H groups in total. The Kier molecular flexibility index (Phi) is 5.03. The number of amides is 1. The summed E-state index contributed by atoms with van der Waals surface area (Å²) < 4.78 is 4.62. The molecule has 0 aliphatic carbocycles. The monoisotopic (exact) mass is 296 g/mol. The van der Waals surface area contributed by atoms with Gasteiger partial charge < -0.3 is 10.1 Å². The number of carbonyl (C=O) groups excluding carboxylic acids is 2. The largest absolute Gasteiger partial charge is 0.465 e. The first-order valence-electron chi connectivity index (χ1n) is 6.68. The summed E-state index contributed by atoms with van der Waals surface area (Å²) in [6.45, 7) is 1.93. The molecule has 0 saturated heterocycles. The number of anilines is 1. The number of hydrogen-bond acceptors (Lipinski definition) is 4. The molecular weight excluding hydrogens is 280 g/mol. The minimum atomic E-state index is -0.390. The van der Waals surface area contributed by atoms with Crippen LogP contribution in [0.5, 0.6) is 0 Å². The number of carbonyl (C=O) groups is 2. The van der Waals surface area contributed by atoms with Crippen LogP contribution in [0.2, 0.25) is 0 Å². The van der Waals surface area contributed by atoms with Crippen molar-refractivity contribution >= 4 is 23.8 Å². The summed E-state index contributed by atoms with van der Waals surface area (Å²) in [5.41, 5.74) is 2.30. The second-order valence-electron chi connectivity index (χ2n) is 4.66. The van der Waals surface area contributed by atoms with E-state index in [0.717, 1.165) is 11.1 Å². The van der Waals surface area contributed by atoms with E-state index in [-0.39, 0.29) is 5.91 Å². The van der Waals surface area contributed by atoms with Gasteiger partial charge in [-0.05, 0) is 42.3 Å². The van der Waals surface area contributed by atoms with Crippen molar-refractivity contribution in [2.24, 2.45) is 0 Å². The Morgan fingerprint density at radius 1 is 1.14 bits per heavy atom. The van der Waals surface area contributed by atoms with Gasteiger partial charge in [-0.15, -0.1) is 0 Å². The van der Waals surface area contributed by atoms with E-state index < -0.39 is 5.97 Å². The minimum absolute atomic E-state index is 0.270. The van der Waals surface area contributed by atoms with Crippen LogP contribution in [0.3, 0.4) is 0 Å². The van der Waals surface area contributed by atoms with E-state index >= 15 is 0 Å². The van der Waals surface area contributed by atoms with Crippen LogP contribution in [0, 0.1) is 6.92 Å². The van der Waals surface area contributed by atoms with Gasteiger partial charge in [-0.3, -0.25) is 4.79 Å². The lowest BCUT2D eigenvalue weighted by Gasteiger charge is -2.01. The Morgan fingerprint density at radius 2 is 1.86 bits per heavy atom. The maximum atomic E-state index is 11.8. The van der Waals surface area contributed by atoms with Crippen molar-refractivity contribution in [1.29, 1.82) is 0 Å². The average Bonchev–Trinajstić information content (AvgIpc) is 2.55. The number of nitrogens with zero attached hydrogens (tertiary/aromatic N) is 1. The summed E-state index contributed by atoms with van der Waals surface area (Å²) in [5.74, 6) is -0.159. The second-order valence-corrected chi connectivity index (χ2v) is 4.66. The number of aromatic nitrogens is 1. The highest BCUT2D eigenvalue weighted by Gasteiger charge is 2.03. The van der Waals surface area contributed by atoms with Crippen molar-refractivity contribution < 1.29 is 14.3 Å². The fraction of sp³-hybridized carbons (Fsp3) is 0.118. The van der Waals surface area contributed by atoms with Gasteiger partial charge in [-0.25, -0.2) is 9.78 Å². The van der Waals surface area contributed by atoms with Crippen LogP contribution in [0.1, 0.15) is 21.5 Å². The number of methoxy groups -OCH3 is 1. The first kappa shape index (κ1) is 15.4. The number of aryl methyl sites for hydroxylation is 1. The van der Waals surface area contributed by atoms with Crippen molar-refractivity contribution in [1.82, 2.24) is 4.98 Å². The second kappa shape index (κ2) is 7.17. The highest BCUT2D eigenvalue weighted by atomic mass is 16.5. The molecule has 0 radical (unpaired) electrons. The zero-order valence-corrected chi connectivity index (χ0v) is 12.4. The van der Waals surface area contributed by atoms with Gasteiger partial charge in [0.2, 0.25) is 5.91 Å². The minimum Gasteiger partial charge on any atom is -0.465 e. The molecule has 112 valence electrons. The number of pyridine rings is 1. The van der Waals surface area contributed by atoms with E-state index in [1.165, 1.54) is 13.2 Å². The molecule has 22 heavy (non-hydrogen) atoms. The van der Waals surface area contributed by atoms with Gasteiger partial charge in [0.25, 0.3) is 0 Å². The number of rotatable bonds is 4. The topological polar surface area (TPSA) is 68.3 Å². The van der Waals surface area contributed by atoms with Crippen molar-refractivity contribution in [2.45, 2.75) is 6.92 Å². The Balaban J connectivity index is 1.97. The maximum absolute atomic E-state index is 11.8. The first-order valence-corrected chi connectivity index (χ1v) is 6.68. The number of ether oxygens (including phenoxy) is 1. The van der Waals surface area contributed by atoms with Gasteiger partial charge >= 0.3 is 5.97 Å². The number of hydrogen-bond donors (Lipinski definition) is 1. The van der Waals surface area contributed by atoms with Crippen LogP contribution in [-0.4, -0.2) is 24.0 Å². The van der Waals surface area contributed by atoms with Crippen LogP contribution < -0.4 is 5.32 Å². The molecule has 0 aliphatic heterocycles. The number of esters is 1. The summed E-state index contributed by atoms with van der Waals surface area (Å²) >= 11 is 0. The van der Waals surface area contributed by atoms with Crippen LogP contribution in [-0.2, 0) is 9.53 Å². The predicted molar refractivity (Wildman–Crippen MR) is 84.4 cm³/mol. The van der Waals surface area contributed by atoms with Crippen LogP contribution in [0.4, 0.5) is 5.82 Å². The Hall–Kier alpha value is -2.95. The van der Waals surface area contributed by atoms with E-state index in [9.17, 15) is 9.59 Å². The lowest BCUT2D eigenvalue weighted by molar-refractivity contribution is -0.111. The highest BCUT2D eigenvalue weighted by molar-refractivity contribution is 6.01. The van der Waals surface area contributed by atoms with E-state index in [1.807, 2.05) is 13.0 Å². The summed E-state index contributed by atoms with van der Waals surface area (Å²) in [4.78, 5) is 27.2. The van der Waals surface area contributed by atoms with Gasteiger partial charge in [0.15, 0.2) is 0 Å². The number of nitrogens with one attached hydrogen (secondary N) is 1.